The summed E-state index contributed by atoms with van der Waals surface area (Å²) >= 11 is 11.9. The van der Waals surface area contributed by atoms with Crippen LogP contribution in [0.15, 0.2) is 18.3 Å². The van der Waals surface area contributed by atoms with Crippen LogP contribution in [0.5, 0.6) is 5.75 Å². The lowest BCUT2D eigenvalue weighted by atomic mass is 10.1. The van der Waals surface area contributed by atoms with Crippen molar-refractivity contribution in [2.75, 3.05) is 7.11 Å². The molecule has 0 atom stereocenters. The number of nitrogens with zero attached hydrogens (tertiary/aromatic N) is 3. The minimum atomic E-state index is 0.312. The average molecular weight is 309 g/mol. The highest BCUT2D eigenvalue weighted by atomic mass is 35.5. The van der Waals surface area contributed by atoms with E-state index in [1.54, 1.807) is 13.2 Å². The van der Waals surface area contributed by atoms with Gasteiger partial charge in [-0.2, -0.15) is 0 Å². The maximum Gasteiger partial charge on any atom is 0.197 e. The van der Waals surface area contributed by atoms with Crippen LogP contribution in [0.4, 0.5) is 0 Å². The molecule has 0 bridgehead atoms. The number of H-pyrrole nitrogens is 1. The molecule has 3 aromatic rings. The fourth-order valence-electron chi connectivity index (χ4n) is 2.07. The highest BCUT2D eigenvalue weighted by molar-refractivity contribution is 6.31. The van der Waals surface area contributed by atoms with Crippen LogP contribution in [-0.2, 0) is 0 Å². The van der Waals surface area contributed by atoms with Gasteiger partial charge in [0.2, 0.25) is 0 Å². The smallest absolute Gasteiger partial charge is 0.197 e. The van der Waals surface area contributed by atoms with E-state index in [1.165, 1.54) is 6.20 Å². The first-order valence-electron chi connectivity index (χ1n) is 5.81. The molecule has 0 fully saturated rings. The molecule has 5 nitrogen and oxygen atoms in total. The molecule has 0 aliphatic rings. The van der Waals surface area contributed by atoms with Crippen molar-refractivity contribution in [3.63, 3.8) is 0 Å². The molecule has 0 saturated heterocycles. The van der Waals surface area contributed by atoms with E-state index in [0.717, 1.165) is 11.1 Å². The topological polar surface area (TPSA) is 63.7 Å². The van der Waals surface area contributed by atoms with Gasteiger partial charge in [-0.1, -0.05) is 23.2 Å². The van der Waals surface area contributed by atoms with Gasteiger partial charge in [-0.05, 0) is 24.6 Å². The van der Waals surface area contributed by atoms with Gasteiger partial charge in [0.15, 0.2) is 11.3 Å². The van der Waals surface area contributed by atoms with Gasteiger partial charge in [0, 0.05) is 5.02 Å². The normalized spacial score (nSPS) is 11.0. The van der Waals surface area contributed by atoms with E-state index in [-0.39, 0.29) is 0 Å². The molecule has 1 N–H and O–H groups in total. The monoisotopic (exact) mass is 308 g/mol. The van der Waals surface area contributed by atoms with Crippen molar-refractivity contribution in [2.45, 2.75) is 6.92 Å². The van der Waals surface area contributed by atoms with E-state index >= 15 is 0 Å². The molecule has 2 heterocycles. The number of rotatable bonds is 2. The zero-order valence-electron chi connectivity index (χ0n) is 10.7. The third kappa shape index (κ3) is 2.19. The predicted molar refractivity (Wildman–Crippen MR) is 78.4 cm³/mol. The van der Waals surface area contributed by atoms with E-state index in [9.17, 15) is 0 Å². The van der Waals surface area contributed by atoms with Crippen LogP contribution in [0.25, 0.3) is 22.7 Å². The van der Waals surface area contributed by atoms with Crippen LogP contribution in [0.1, 0.15) is 5.56 Å². The fourth-order valence-corrected chi connectivity index (χ4v) is 2.46. The number of benzene rings is 1. The predicted octanol–water partition coefficient (Wildman–Crippen LogP) is 3.64. The zero-order chi connectivity index (χ0) is 14.3. The number of halogens is 2. The molecule has 0 aliphatic carbocycles. The van der Waals surface area contributed by atoms with Crippen LogP contribution >= 0.6 is 23.2 Å². The van der Waals surface area contributed by atoms with Crippen molar-refractivity contribution >= 4 is 34.5 Å². The van der Waals surface area contributed by atoms with E-state index < -0.39 is 0 Å². The summed E-state index contributed by atoms with van der Waals surface area (Å²) in [5, 5.41) is 0.922. The Morgan fingerprint density at radius 1 is 1.20 bits per heavy atom. The molecule has 0 aliphatic heterocycles. The third-order valence-electron chi connectivity index (χ3n) is 2.90. The number of imidazole rings is 1. The lowest BCUT2D eigenvalue weighted by Gasteiger charge is -2.09. The quantitative estimate of drug-likeness (QED) is 0.785. The highest BCUT2D eigenvalue weighted by Crippen LogP contribution is 2.34. The number of nitrogens with one attached hydrogen (secondary N) is 1. The van der Waals surface area contributed by atoms with Gasteiger partial charge in [0.05, 0.1) is 18.9 Å². The molecule has 0 spiro atoms. The Bertz CT molecular complexity index is 800. The average Bonchev–Trinajstić information content (AvgIpc) is 2.79. The van der Waals surface area contributed by atoms with Crippen molar-refractivity contribution in [1.29, 1.82) is 0 Å². The molecular formula is C13H10Cl2N4O. The highest BCUT2D eigenvalue weighted by Gasteiger charge is 2.15. The molecule has 2 aromatic heterocycles. The van der Waals surface area contributed by atoms with Crippen LogP contribution in [0.3, 0.4) is 0 Å². The number of fused-ring (bicyclic) bond motifs is 1. The Hall–Kier alpha value is -1.85. The molecule has 1 aromatic carbocycles. The fraction of sp³-hybridized carbons (Fsp3) is 0.154. The summed E-state index contributed by atoms with van der Waals surface area (Å²) in [6, 6.07) is 3.59. The Balaban J connectivity index is 2.25. The molecule has 3 rings (SSSR count). The summed E-state index contributed by atoms with van der Waals surface area (Å²) in [6.07, 6.45) is 1.46. The maximum absolute atomic E-state index is 6.04. The van der Waals surface area contributed by atoms with E-state index in [0.29, 0.717) is 33.0 Å². The summed E-state index contributed by atoms with van der Waals surface area (Å²) in [4.78, 5) is 15.8. The summed E-state index contributed by atoms with van der Waals surface area (Å²) in [5.41, 5.74) is 2.80. The standard InChI is InChI=1S/C13H10Cl2N4O/c1-6-3-7(14)4-8(20-2)10(6)11-18-12-13(19-11)17-9(15)5-16-12/h3-5H,1-2H3,(H,16,17,18,19). The summed E-state index contributed by atoms with van der Waals surface area (Å²) in [6.45, 7) is 1.94. The van der Waals surface area contributed by atoms with Gasteiger partial charge in [0.25, 0.3) is 0 Å². The van der Waals surface area contributed by atoms with Crippen LogP contribution < -0.4 is 4.74 Å². The molecule has 0 amide bonds. The molecule has 102 valence electrons. The summed E-state index contributed by atoms with van der Waals surface area (Å²) in [7, 11) is 1.59. The first kappa shape index (κ1) is 13.1. The molecule has 0 unspecified atom stereocenters. The van der Waals surface area contributed by atoms with Crippen molar-refractivity contribution in [3.8, 4) is 17.1 Å². The van der Waals surface area contributed by atoms with E-state index in [1.807, 2.05) is 13.0 Å². The van der Waals surface area contributed by atoms with E-state index in [2.05, 4.69) is 19.9 Å². The van der Waals surface area contributed by atoms with Gasteiger partial charge < -0.3 is 9.72 Å². The maximum atomic E-state index is 6.04. The third-order valence-corrected chi connectivity index (χ3v) is 3.30. The number of aromatic nitrogens is 4. The first-order chi connectivity index (χ1) is 9.58. The van der Waals surface area contributed by atoms with Gasteiger partial charge in [0.1, 0.15) is 16.7 Å². The number of aryl methyl sites for hydroxylation is 1. The minimum Gasteiger partial charge on any atom is -0.496 e. The van der Waals surface area contributed by atoms with Crippen LogP contribution in [0, 0.1) is 6.92 Å². The second-order valence-electron chi connectivity index (χ2n) is 4.25. The van der Waals surface area contributed by atoms with Crippen LogP contribution in [0.2, 0.25) is 10.2 Å². The van der Waals surface area contributed by atoms with Gasteiger partial charge in [-0.25, -0.2) is 15.0 Å². The van der Waals surface area contributed by atoms with Crippen molar-refractivity contribution < 1.29 is 4.74 Å². The molecular weight excluding hydrogens is 299 g/mol. The van der Waals surface area contributed by atoms with Crippen molar-refractivity contribution in [3.05, 3.63) is 34.1 Å². The number of hydrogen-bond acceptors (Lipinski definition) is 4. The largest absolute Gasteiger partial charge is 0.496 e. The van der Waals surface area contributed by atoms with E-state index in [4.69, 9.17) is 27.9 Å². The number of aromatic amines is 1. The minimum absolute atomic E-state index is 0.312. The first-order valence-corrected chi connectivity index (χ1v) is 6.57. The number of methoxy groups -OCH3 is 1. The summed E-state index contributed by atoms with van der Waals surface area (Å²) < 4.78 is 5.37. The Kier molecular flexibility index (Phi) is 3.23. The lowest BCUT2D eigenvalue weighted by Crippen LogP contribution is -1.93. The van der Waals surface area contributed by atoms with Gasteiger partial charge >= 0.3 is 0 Å². The SMILES string of the molecule is COc1cc(Cl)cc(C)c1-c1nc2ncc(Cl)nc2[nH]1. The molecule has 20 heavy (non-hydrogen) atoms. The van der Waals surface area contributed by atoms with Crippen molar-refractivity contribution in [1.82, 2.24) is 19.9 Å². The van der Waals surface area contributed by atoms with Crippen LogP contribution in [-0.4, -0.2) is 27.0 Å². The van der Waals surface area contributed by atoms with Crippen molar-refractivity contribution in [2.24, 2.45) is 0 Å². The molecule has 0 saturated carbocycles. The Labute approximate surface area is 124 Å². The second kappa shape index (κ2) is 4.92. The molecule has 0 radical (unpaired) electrons. The zero-order valence-corrected chi connectivity index (χ0v) is 12.2. The summed E-state index contributed by atoms with van der Waals surface area (Å²) in [5.74, 6) is 1.26. The van der Waals surface area contributed by atoms with Gasteiger partial charge in [-0.15, -0.1) is 0 Å². The number of hydrogen-bond donors (Lipinski definition) is 1. The Morgan fingerprint density at radius 3 is 2.75 bits per heavy atom. The lowest BCUT2D eigenvalue weighted by molar-refractivity contribution is 0.416. The van der Waals surface area contributed by atoms with Gasteiger partial charge in [-0.3, -0.25) is 0 Å². The number of ether oxygens (including phenoxy) is 1. The second-order valence-corrected chi connectivity index (χ2v) is 5.07. The Morgan fingerprint density at radius 2 is 2.00 bits per heavy atom. The molecule has 7 heteroatoms.